The van der Waals surface area contributed by atoms with Crippen LogP contribution >= 0.6 is 0 Å². The summed E-state index contributed by atoms with van der Waals surface area (Å²) in [5.74, 6) is 0.901. The van der Waals surface area contributed by atoms with Crippen LogP contribution in [0.5, 0.6) is 0 Å². The lowest BCUT2D eigenvalue weighted by Gasteiger charge is -2.44. The summed E-state index contributed by atoms with van der Waals surface area (Å²) in [5.41, 5.74) is -0.00953. The zero-order valence-corrected chi connectivity index (χ0v) is 15.5. The second kappa shape index (κ2) is 8.09. The molecule has 0 saturated carbocycles. The molecule has 0 aliphatic carbocycles. The van der Waals surface area contributed by atoms with Crippen molar-refractivity contribution in [1.82, 2.24) is 14.7 Å². The van der Waals surface area contributed by atoms with Crippen LogP contribution in [0.2, 0.25) is 0 Å². The van der Waals surface area contributed by atoms with E-state index in [2.05, 4.69) is 49.3 Å². The minimum Gasteiger partial charge on any atom is -0.375 e. The first kappa shape index (κ1) is 18.2. The average molecular weight is 312 g/mol. The van der Waals surface area contributed by atoms with Crippen LogP contribution in [-0.2, 0) is 4.74 Å². The van der Waals surface area contributed by atoms with Crippen molar-refractivity contribution in [2.24, 2.45) is 5.92 Å². The predicted octanol–water partition coefficient (Wildman–Crippen LogP) is 2.15. The molecule has 2 aliphatic heterocycles. The minimum absolute atomic E-state index is 0.00953. The molecule has 0 N–H and O–H groups in total. The Morgan fingerprint density at radius 2 is 1.64 bits per heavy atom. The predicted molar refractivity (Wildman–Crippen MR) is 93.4 cm³/mol. The zero-order chi connectivity index (χ0) is 16.2. The normalized spacial score (nSPS) is 23.7. The SMILES string of the molecule is CC(C)N1CC(CN2CCCN(CCOC(C)(C)C)CC2)C1. The summed E-state index contributed by atoms with van der Waals surface area (Å²) in [4.78, 5) is 7.85. The average Bonchev–Trinajstić information content (AvgIpc) is 2.57. The summed E-state index contributed by atoms with van der Waals surface area (Å²) in [7, 11) is 0. The maximum atomic E-state index is 5.86. The van der Waals surface area contributed by atoms with Gasteiger partial charge in [0.2, 0.25) is 0 Å². The van der Waals surface area contributed by atoms with Crippen molar-refractivity contribution < 1.29 is 4.74 Å². The number of likely N-dealkylation sites (tertiary alicyclic amines) is 1. The molecule has 0 amide bonds. The lowest BCUT2D eigenvalue weighted by molar-refractivity contribution is -0.0128. The van der Waals surface area contributed by atoms with Crippen LogP contribution in [0, 0.1) is 5.92 Å². The van der Waals surface area contributed by atoms with Crippen molar-refractivity contribution in [1.29, 1.82) is 0 Å². The summed E-state index contributed by atoms with van der Waals surface area (Å²) in [6.07, 6.45) is 1.30. The molecule has 0 aromatic heterocycles. The van der Waals surface area contributed by atoms with E-state index in [0.717, 1.165) is 25.1 Å². The summed E-state index contributed by atoms with van der Waals surface area (Å²) in [6, 6.07) is 0.721. The largest absolute Gasteiger partial charge is 0.375 e. The molecule has 0 bridgehead atoms. The molecule has 2 heterocycles. The van der Waals surface area contributed by atoms with Gasteiger partial charge in [0.05, 0.1) is 12.2 Å². The topological polar surface area (TPSA) is 19.0 Å². The molecule has 0 aromatic carbocycles. The van der Waals surface area contributed by atoms with Crippen molar-refractivity contribution in [3.63, 3.8) is 0 Å². The second-order valence-electron chi connectivity index (χ2n) is 8.37. The number of hydrogen-bond acceptors (Lipinski definition) is 4. The van der Waals surface area contributed by atoms with Crippen molar-refractivity contribution in [3.05, 3.63) is 0 Å². The number of hydrogen-bond donors (Lipinski definition) is 0. The number of ether oxygens (including phenoxy) is 1. The lowest BCUT2D eigenvalue weighted by atomic mass is 9.97. The third-order valence-electron chi connectivity index (χ3n) is 4.86. The quantitative estimate of drug-likeness (QED) is 0.748. The van der Waals surface area contributed by atoms with E-state index in [1.807, 2.05) is 0 Å². The molecule has 0 radical (unpaired) electrons. The molecule has 22 heavy (non-hydrogen) atoms. The van der Waals surface area contributed by atoms with E-state index in [1.54, 1.807) is 0 Å². The first-order valence-corrected chi connectivity index (χ1v) is 9.16. The van der Waals surface area contributed by atoms with Crippen molar-refractivity contribution in [2.45, 2.75) is 52.7 Å². The van der Waals surface area contributed by atoms with Crippen LogP contribution in [-0.4, -0.2) is 85.3 Å². The summed E-state index contributed by atoms with van der Waals surface area (Å²) in [5, 5.41) is 0. The van der Waals surface area contributed by atoms with E-state index in [-0.39, 0.29) is 5.60 Å². The van der Waals surface area contributed by atoms with E-state index in [4.69, 9.17) is 4.74 Å². The van der Waals surface area contributed by atoms with Crippen LogP contribution in [0.3, 0.4) is 0 Å². The molecule has 0 spiro atoms. The van der Waals surface area contributed by atoms with Gasteiger partial charge in [0.25, 0.3) is 0 Å². The summed E-state index contributed by atoms with van der Waals surface area (Å²) < 4.78 is 5.86. The van der Waals surface area contributed by atoms with Gasteiger partial charge in [-0.05, 0) is 60.0 Å². The fourth-order valence-corrected chi connectivity index (χ4v) is 3.42. The highest BCUT2D eigenvalue weighted by Crippen LogP contribution is 2.20. The first-order chi connectivity index (χ1) is 10.3. The molecule has 0 unspecified atom stereocenters. The van der Waals surface area contributed by atoms with Crippen LogP contribution in [0.25, 0.3) is 0 Å². The third-order valence-corrected chi connectivity index (χ3v) is 4.86. The summed E-state index contributed by atoms with van der Waals surface area (Å²) >= 11 is 0. The Labute approximate surface area is 137 Å². The van der Waals surface area contributed by atoms with Gasteiger partial charge in [-0.25, -0.2) is 0 Å². The van der Waals surface area contributed by atoms with Gasteiger partial charge in [-0.2, -0.15) is 0 Å². The molecular weight excluding hydrogens is 274 g/mol. The Balaban J connectivity index is 1.61. The molecule has 2 rings (SSSR count). The standard InChI is InChI=1S/C18H37N3O/c1-16(2)21-14-17(15-21)13-20-8-6-7-19(9-10-20)11-12-22-18(3,4)5/h16-17H,6-15H2,1-5H3. The molecule has 4 heteroatoms. The molecule has 4 nitrogen and oxygen atoms in total. The van der Waals surface area contributed by atoms with E-state index in [0.29, 0.717) is 0 Å². The smallest absolute Gasteiger partial charge is 0.0600 e. The molecule has 0 atom stereocenters. The Kier molecular flexibility index (Phi) is 6.69. The molecule has 2 aliphatic rings. The van der Waals surface area contributed by atoms with E-state index in [1.165, 1.54) is 52.2 Å². The molecule has 130 valence electrons. The number of rotatable bonds is 6. The van der Waals surface area contributed by atoms with Crippen molar-refractivity contribution >= 4 is 0 Å². The van der Waals surface area contributed by atoms with Gasteiger partial charge in [-0.1, -0.05) is 0 Å². The summed E-state index contributed by atoms with van der Waals surface area (Å²) in [6.45, 7) is 21.8. The Morgan fingerprint density at radius 1 is 1.00 bits per heavy atom. The van der Waals surface area contributed by atoms with Gasteiger partial charge < -0.3 is 14.5 Å². The van der Waals surface area contributed by atoms with Gasteiger partial charge in [0, 0.05) is 45.3 Å². The highest BCUT2D eigenvalue weighted by atomic mass is 16.5. The Bertz CT molecular complexity index is 321. The number of nitrogens with zero attached hydrogens (tertiary/aromatic N) is 3. The second-order valence-corrected chi connectivity index (χ2v) is 8.37. The van der Waals surface area contributed by atoms with Crippen LogP contribution in [0.4, 0.5) is 0 Å². The Hall–Kier alpha value is -0.160. The maximum absolute atomic E-state index is 5.86. The molecule has 0 aromatic rings. The van der Waals surface area contributed by atoms with Gasteiger partial charge >= 0.3 is 0 Å². The lowest BCUT2D eigenvalue weighted by Crippen LogP contribution is -2.54. The third kappa shape index (κ3) is 6.15. The maximum Gasteiger partial charge on any atom is 0.0600 e. The minimum atomic E-state index is -0.00953. The van der Waals surface area contributed by atoms with Gasteiger partial charge in [0.1, 0.15) is 0 Å². The van der Waals surface area contributed by atoms with Crippen molar-refractivity contribution in [3.8, 4) is 0 Å². The highest BCUT2D eigenvalue weighted by Gasteiger charge is 2.30. The van der Waals surface area contributed by atoms with E-state index >= 15 is 0 Å². The van der Waals surface area contributed by atoms with Gasteiger partial charge in [-0.15, -0.1) is 0 Å². The van der Waals surface area contributed by atoms with Crippen LogP contribution < -0.4 is 0 Å². The van der Waals surface area contributed by atoms with Gasteiger partial charge in [0.15, 0.2) is 0 Å². The molecule has 2 fully saturated rings. The monoisotopic (exact) mass is 311 g/mol. The fraction of sp³-hybridized carbons (Fsp3) is 1.00. The zero-order valence-electron chi connectivity index (χ0n) is 15.5. The van der Waals surface area contributed by atoms with Gasteiger partial charge in [-0.3, -0.25) is 4.90 Å². The van der Waals surface area contributed by atoms with Crippen LogP contribution in [0.1, 0.15) is 41.0 Å². The molecular formula is C18H37N3O. The van der Waals surface area contributed by atoms with Crippen LogP contribution in [0.15, 0.2) is 0 Å². The van der Waals surface area contributed by atoms with E-state index in [9.17, 15) is 0 Å². The van der Waals surface area contributed by atoms with E-state index < -0.39 is 0 Å². The highest BCUT2D eigenvalue weighted by molar-refractivity contribution is 4.85. The van der Waals surface area contributed by atoms with Crippen molar-refractivity contribution in [2.75, 3.05) is 59.0 Å². The Morgan fingerprint density at radius 3 is 2.27 bits per heavy atom. The molecule has 2 saturated heterocycles. The fourth-order valence-electron chi connectivity index (χ4n) is 3.42. The first-order valence-electron chi connectivity index (χ1n) is 9.16.